The molecule has 144 valence electrons. The zero-order chi connectivity index (χ0) is 18.5. The van der Waals surface area contributed by atoms with Crippen LogP contribution in [0, 0.1) is 45.8 Å². The van der Waals surface area contributed by atoms with Gasteiger partial charge in [0.1, 0.15) is 11.9 Å². The second-order valence-electron chi connectivity index (χ2n) is 10.9. The molecule has 3 heteroatoms. The van der Waals surface area contributed by atoms with Crippen molar-refractivity contribution >= 4 is 11.8 Å². The van der Waals surface area contributed by atoms with Gasteiger partial charge >= 0.3 is 5.97 Å². The lowest BCUT2D eigenvalue weighted by molar-refractivity contribution is -0.158. The number of hydrogen-bond acceptors (Lipinski definition) is 3. The monoisotopic (exact) mass is 358 g/mol. The number of rotatable bonds is 2. The first kappa shape index (κ1) is 17.3. The van der Waals surface area contributed by atoms with Gasteiger partial charge < -0.3 is 4.74 Å². The molecule has 5 rings (SSSR count). The fraction of sp³-hybridized carbons (Fsp3) is 0.913. The van der Waals surface area contributed by atoms with Crippen molar-refractivity contribution in [3.63, 3.8) is 0 Å². The average Bonchev–Trinajstić information content (AvgIpc) is 3.08. The van der Waals surface area contributed by atoms with Gasteiger partial charge in [-0.3, -0.25) is 9.59 Å². The van der Waals surface area contributed by atoms with Crippen molar-refractivity contribution in [2.45, 2.75) is 85.2 Å². The molecule has 0 saturated heterocycles. The highest BCUT2D eigenvalue weighted by Gasteiger charge is 2.77. The number of esters is 1. The lowest BCUT2D eigenvalue weighted by Gasteiger charge is -2.58. The van der Waals surface area contributed by atoms with E-state index in [9.17, 15) is 9.59 Å². The molecule has 0 aromatic carbocycles. The van der Waals surface area contributed by atoms with Crippen LogP contribution in [0.2, 0.25) is 0 Å². The number of carbonyl (C=O) groups is 2. The highest BCUT2D eigenvalue weighted by atomic mass is 16.5. The molecule has 9 atom stereocenters. The summed E-state index contributed by atoms with van der Waals surface area (Å²) in [6.07, 6.45) is 9.50. The normalized spacial score (nSPS) is 55.4. The third-order valence-electron chi connectivity index (χ3n) is 10.3. The topological polar surface area (TPSA) is 43.4 Å². The van der Waals surface area contributed by atoms with Gasteiger partial charge in [0, 0.05) is 24.7 Å². The Morgan fingerprint density at radius 3 is 2.58 bits per heavy atom. The Balaban J connectivity index is 1.45. The minimum Gasteiger partial charge on any atom is -0.463 e. The molecule has 5 fully saturated rings. The lowest BCUT2D eigenvalue weighted by atomic mass is 9.46. The zero-order valence-electron chi connectivity index (χ0n) is 16.8. The quantitative estimate of drug-likeness (QED) is 0.668. The zero-order valence-corrected chi connectivity index (χ0v) is 16.8. The number of ether oxygens (including phenoxy) is 1. The van der Waals surface area contributed by atoms with Gasteiger partial charge in [-0.2, -0.15) is 0 Å². The maximum atomic E-state index is 13.3. The van der Waals surface area contributed by atoms with E-state index in [1.54, 1.807) is 0 Å². The molecule has 0 amide bonds. The number of carbonyl (C=O) groups excluding carboxylic acids is 2. The first-order valence-corrected chi connectivity index (χ1v) is 10.9. The van der Waals surface area contributed by atoms with Gasteiger partial charge in [-0.25, -0.2) is 0 Å². The van der Waals surface area contributed by atoms with E-state index in [4.69, 9.17) is 4.74 Å². The Labute approximate surface area is 157 Å². The largest absolute Gasteiger partial charge is 0.463 e. The second-order valence-corrected chi connectivity index (χ2v) is 10.9. The van der Waals surface area contributed by atoms with E-state index in [1.807, 2.05) is 0 Å². The van der Waals surface area contributed by atoms with Crippen molar-refractivity contribution in [1.29, 1.82) is 0 Å². The van der Waals surface area contributed by atoms with Gasteiger partial charge in [0.2, 0.25) is 0 Å². The van der Waals surface area contributed by atoms with E-state index in [-0.39, 0.29) is 28.3 Å². The summed E-state index contributed by atoms with van der Waals surface area (Å²) in [4.78, 5) is 24.8. The van der Waals surface area contributed by atoms with Gasteiger partial charge in [0.05, 0.1) is 0 Å². The standard InChI is InChI=1S/C23H34O3/c1-13(26-14(2)24)17-5-6-18-16-11-20(25)23-12-15(23)7-10-22(23,4)19(16)8-9-21(17,18)3/h13,15-19H,5-12H2,1-4H3/t13-,15+,16-,17+,18-,19-,21+,22+,23-/m0/s1. The molecule has 0 unspecified atom stereocenters. The summed E-state index contributed by atoms with van der Waals surface area (Å²) < 4.78 is 5.61. The minimum absolute atomic E-state index is 0.000404. The molecule has 5 aliphatic rings. The number of Topliss-reactive ketones (excluding diaryl/α,β-unsaturated/α-hetero) is 1. The van der Waals surface area contributed by atoms with Gasteiger partial charge in [0.15, 0.2) is 0 Å². The average molecular weight is 359 g/mol. The lowest BCUT2D eigenvalue weighted by Crippen LogP contribution is -2.55. The van der Waals surface area contributed by atoms with E-state index < -0.39 is 0 Å². The van der Waals surface area contributed by atoms with E-state index in [1.165, 1.54) is 45.4 Å². The van der Waals surface area contributed by atoms with Gasteiger partial charge in [-0.15, -0.1) is 0 Å². The molecule has 1 spiro atoms. The summed E-state index contributed by atoms with van der Waals surface area (Å²) in [6, 6.07) is 0. The van der Waals surface area contributed by atoms with Gasteiger partial charge in [-0.1, -0.05) is 13.8 Å². The second kappa shape index (κ2) is 5.14. The fourth-order valence-corrected chi connectivity index (χ4v) is 9.17. The summed E-state index contributed by atoms with van der Waals surface area (Å²) in [5.41, 5.74) is 0.599. The molecule has 26 heavy (non-hydrogen) atoms. The first-order valence-electron chi connectivity index (χ1n) is 10.9. The SMILES string of the molecule is CC(=O)O[C@@H](C)[C@H]1CC[C@H]2[C@@H]3CC(=O)[C@]45C[C@H]4CC[C@]5(C)[C@H]3CC[C@]12C. The van der Waals surface area contributed by atoms with Crippen molar-refractivity contribution in [1.82, 2.24) is 0 Å². The molecular formula is C23H34O3. The molecule has 5 saturated carbocycles. The Morgan fingerprint density at radius 1 is 1.12 bits per heavy atom. The fourth-order valence-electron chi connectivity index (χ4n) is 9.17. The van der Waals surface area contributed by atoms with Crippen LogP contribution in [0.25, 0.3) is 0 Å². The number of ketones is 1. The van der Waals surface area contributed by atoms with E-state index in [2.05, 4.69) is 20.8 Å². The molecule has 0 bridgehead atoms. The van der Waals surface area contributed by atoms with Crippen LogP contribution in [0.1, 0.15) is 79.1 Å². The molecule has 0 aromatic rings. The van der Waals surface area contributed by atoms with Crippen molar-refractivity contribution in [3.05, 3.63) is 0 Å². The van der Waals surface area contributed by atoms with Crippen LogP contribution in [0.3, 0.4) is 0 Å². The summed E-state index contributed by atoms with van der Waals surface area (Å²) in [5.74, 6) is 3.58. The number of hydrogen-bond donors (Lipinski definition) is 0. The molecule has 3 nitrogen and oxygen atoms in total. The highest BCUT2D eigenvalue weighted by molar-refractivity contribution is 5.91. The van der Waals surface area contributed by atoms with Crippen LogP contribution in [-0.4, -0.2) is 17.9 Å². The van der Waals surface area contributed by atoms with E-state index in [0.29, 0.717) is 23.5 Å². The van der Waals surface area contributed by atoms with Gasteiger partial charge in [-0.05, 0) is 86.4 Å². The molecular weight excluding hydrogens is 324 g/mol. The summed E-state index contributed by atoms with van der Waals surface area (Å²) >= 11 is 0. The Kier molecular flexibility index (Phi) is 3.41. The van der Waals surface area contributed by atoms with Crippen LogP contribution in [0.4, 0.5) is 0 Å². The minimum atomic E-state index is -0.161. The van der Waals surface area contributed by atoms with Crippen LogP contribution < -0.4 is 0 Å². The highest BCUT2D eigenvalue weighted by Crippen LogP contribution is 2.80. The van der Waals surface area contributed by atoms with Crippen molar-refractivity contribution < 1.29 is 14.3 Å². The first-order chi connectivity index (χ1) is 12.2. The molecule has 0 aliphatic heterocycles. The van der Waals surface area contributed by atoms with Crippen LogP contribution >= 0.6 is 0 Å². The van der Waals surface area contributed by atoms with Gasteiger partial charge in [0.25, 0.3) is 0 Å². The molecule has 0 N–H and O–H groups in total. The molecule has 0 aromatic heterocycles. The summed E-state index contributed by atoms with van der Waals surface area (Å²) in [7, 11) is 0. The smallest absolute Gasteiger partial charge is 0.302 e. The van der Waals surface area contributed by atoms with E-state index >= 15 is 0 Å². The van der Waals surface area contributed by atoms with Crippen molar-refractivity contribution in [2.75, 3.05) is 0 Å². The predicted octanol–water partition coefficient (Wildman–Crippen LogP) is 4.78. The predicted molar refractivity (Wildman–Crippen MR) is 99.3 cm³/mol. The molecule has 5 aliphatic carbocycles. The third-order valence-corrected chi connectivity index (χ3v) is 10.3. The summed E-state index contributed by atoms with van der Waals surface area (Å²) in [6.45, 7) is 8.52. The number of fused-ring (bicyclic) bond motifs is 4. The molecule has 0 radical (unpaired) electrons. The Bertz CT molecular complexity index is 670. The van der Waals surface area contributed by atoms with Crippen molar-refractivity contribution in [2.24, 2.45) is 45.8 Å². The third kappa shape index (κ3) is 1.86. The van der Waals surface area contributed by atoms with Crippen LogP contribution in [0.15, 0.2) is 0 Å². The van der Waals surface area contributed by atoms with E-state index in [0.717, 1.165) is 24.7 Å². The van der Waals surface area contributed by atoms with Crippen molar-refractivity contribution in [3.8, 4) is 0 Å². The molecule has 0 heterocycles. The van der Waals surface area contributed by atoms with Crippen LogP contribution in [0.5, 0.6) is 0 Å². The maximum Gasteiger partial charge on any atom is 0.302 e. The maximum absolute atomic E-state index is 13.3. The summed E-state index contributed by atoms with van der Waals surface area (Å²) in [5, 5.41) is 0. The van der Waals surface area contributed by atoms with Crippen LogP contribution in [-0.2, 0) is 14.3 Å². The Morgan fingerprint density at radius 2 is 1.88 bits per heavy atom. The Hall–Kier alpha value is -0.860.